The molecule has 0 fully saturated rings. The van der Waals surface area contributed by atoms with Crippen LogP contribution in [0.25, 0.3) is 10.8 Å². The van der Waals surface area contributed by atoms with Gasteiger partial charge in [0, 0.05) is 0 Å². The Labute approximate surface area is 146 Å². The second kappa shape index (κ2) is 10.9. The Hall–Kier alpha value is -1.83. The van der Waals surface area contributed by atoms with Crippen LogP contribution in [-0.2, 0) is 4.74 Å². The molecule has 0 saturated heterocycles. The monoisotopic (exact) mass is 326 g/mol. The SMILES string of the molecule is CCCCCCCCCCCOC(=O)c1cccc2ccccc12. The number of esters is 1. The number of hydrogen-bond acceptors (Lipinski definition) is 2. The van der Waals surface area contributed by atoms with Crippen molar-refractivity contribution in [2.45, 2.75) is 64.7 Å². The molecule has 24 heavy (non-hydrogen) atoms. The molecule has 2 heteroatoms. The number of benzene rings is 2. The third-order valence-corrected chi connectivity index (χ3v) is 4.49. The molecule has 0 aliphatic heterocycles. The quantitative estimate of drug-likeness (QED) is 0.347. The fourth-order valence-corrected chi connectivity index (χ4v) is 3.06. The number of unbranched alkanes of at least 4 members (excludes halogenated alkanes) is 8. The summed E-state index contributed by atoms with van der Waals surface area (Å²) in [5.74, 6) is -0.202. The highest BCUT2D eigenvalue weighted by Gasteiger charge is 2.10. The zero-order chi connectivity index (χ0) is 17.0. The van der Waals surface area contributed by atoms with E-state index in [4.69, 9.17) is 4.74 Å². The Bertz CT molecular complexity index is 613. The summed E-state index contributed by atoms with van der Waals surface area (Å²) in [6, 6.07) is 13.7. The second-order valence-electron chi connectivity index (χ2n) is 6.49. The lowest BCUT2D eigenvalue weighted by atomic mass is 10.0. The van der Waals surface area contributed by atoms with Crippen molar-refractivity contribution in [2.24, 2.45) is 0 Å². The molecule has 0 unspecified atom stereocenters. The summed E-state index contributed by atoms with van der Waals surface area (Å²) in [6.45, 7) is 2.78. The minimum atomic E-state index is -0.202. The number of carbonyl (C=O) groups excluding carboxylic acids is 1. The Morgan fingerprint density at radius 3 is 2.17 bits per heavy atom. The molecule has 2 aromatic carbocycles. The molecule has 0 heterocycles. The minimum absolute atomic E-state index is 0.202. The molecule has 0 N–H and O–H groups in total. The van der Waals surface area contributed by atoms with Gasteiger partial charge in [-0.15, -0.1) is 0 Å². The average Bonchev–Trinajstić information content (AvgIpc) is 2.62. The van der Waals surface area contributed by atoms with Gasteiger partial charge in [-0.2, -0.15) is 0 Å². The van der Waals surface area contributed by atoms with E-state index in [2.05, 4.69) is 6.92 Å². The maximum Gasteiger partial charge on any atom is 0.338 e. The number of ether oxygens (including phenoxy) is 1. The van der Waals surface area contributed by atoms with Crippen molar-refractivity contribution in [3.63, 3.8) is 0 Å². The first-order valence-electron chi connectivity index (χ1n) is 9.48. The first-order valence-corrected chi connectivity index (χ1v) is 9.48. The van der Waals surface area contributed by atoms with Crippen molar-refractivity contribution in [2.75, 3.05) is 6.61 Å². The highest BCUT2D eigenvalue weighted by atomic mass is 16.5. The summed E-state index contributed by atoms with van der Waals surface area (Å²) in [6.07, 6.45) is 11.4. The largest absolute Gasteiger partial charge is 0.462 e. The molecule has 0 atom stereocenters. The molecular weight excluding hydrogens is 296 g/mol. The van der Waals surface area contributed by atoms with E-state index in [1.165, 1.54) is 44.9 Å². The molecule has 0 aromatic heterocycles. The molecule has 0 aliphatic carbocycles. The second-order valence-corrected chi connectivity index (χ2v) is 6.49. The van der Waals surface area contributed by atoms with Crippen LogP contribution in [0.3, 0.4) is 0 Å². The minimum Gasteiger partial charge on any atom is -0.462 e. The molecule has 0 radical (unpaired) electrons. The van der Waals surface area contributed by atoms with Gasteiger partial charge in [0.05, 0.1) is 12.2 Å². The van der Waals surface area contributed by atoms with Crippen molar-refractivity contribution in [1.29, 1.82) is 0 Å². The van der Waals surface area contributed by atoms with Crippen LogP contribution in [0.15, 0.2) is 42.5 Å². The maximum absolute atomic E-state index is 12.3. The Morgan fingerprint density at radius 2 is 1.42 bits per heavy atom. The number of rotatable bonds is 11. The van der Waals surface area contributed by atoms with E-state index in [9.17, 15) is 4.79 Å². The first kappa shape index (κ1) is 18.5. The van der Waals surface area contributed by atoms with Gasteiger partial charge in [-0.1, -0.05) is 94.7 Å². The third-order valence-electron chi connectivity index (χ3n) is 4.49. The van der Waals surface area contributed by atoms with Crippen molar-refractivity contribution >= 4 is 16.7 Å². The number of hydrogen-bond donors (Lipinski definition) is 0. The fourth-order valence-electron chi connectivity index (χ4n) is 3.06. The Balaban J connectivity index is 1.63. The van der Waals surface area contributed by atoms with Crippen molar-refractivity contribution < 1.29 is 9.53 Å². The standard InChI is InChI=1S/C22H30O2/c1-2-3-4-5-6-7-8-9-12-18-24-22(23)21-17-13-15-19-14-10-11-16-20(19)21/h10-11,13-17H,2-9,12,18H2,1H3. The topological polar surface area (TPSA) is 26.3 Å². The maximum atomic E-state index is 12.3. The van der Waals surface area contributed by atoms with Crippen LogP contribution in [0.2, 0.25) is 0 Å². The van der Waals surface area contributed by atoms with Gasteiger partial charge in [0.1, 0.15) is 0 Å². The molecule has 0 bridgehead atoms. The van der Waals surface area contributed by atoms with Gasteiger partial charge in [-0.25, -0.2) is 4.79 Å². The van der Waals surface area contributed by atoms with Crippen LogP contribution in [0.4, 0.5) is 0 Å². The lowest BCUT2D eigenvalue weighted by Crippen LogP contribution is -2.07. The molecule has 2 aromatic rings. The Kier molecular flexibility index (Phi) is 8.37. The van der Waals surface area contributed by atoms with Gasteiger partial charge in [0.2, 0.25) is 0 Å². The van der Waals surface area contributed by atoms with Crippen molar-refractivity contribution in [3.8, 4) is 0 Å². The fraction of sp³-hybridized carbons (Fsp3) is 0.500. The summed E-state index contributed by atoms with van der Waals surface area (Å²) in [4.78, 5) is 12.3. The lowest BCUT2D eigenvalue weighted by Gasteiger charge is -2.07. The molecule has 2 nitrogen and oxygen atoms in total. The van der Waals surface area contributed by atoms with Crippen LogP contribution < -0.4 is 0 Å². The smallest absolute Gasteiger partial charge is 0.338 e. The number of carbonyl (C=O) groups is 1. The van der Waals surface area contributed by atoms with Gasteiger partial charge < -0.3 is 4.74 Å². The molecule has 0 spiro atoms. The van der Waals surface area contributed by atoms with E-state index in [0.717, 1.165) is 23.6 Å². The number of fused-ring (bicyclic) bond motifs is 1. The zero-order valence-electron chi connectivity index (χ0n) is 14.9. The highest BCUT2D eigenvalue weighted by molar-refractivity contribution is 6.04. The van der Waals surface area contributed by atoms with Crippen molar-refractivity contribution in [3.05, 3.63) is 48.0 Å². The van der Waals surface area contributed by atoms with Gasteiger partial charge in [-0.3, -0.25) is 0 Å². The van der Waals surface area contributed by atoms with Crippen LogP contribution >= 0.6 is 0 Å². The predicted octanol–water partition coefficient (Wildman–Crippen LogP) is 6.53. The van der Waals surface area contributed by atoms with Crippen LogP contribution in [0, 0.1) is 0 Å². The van der Waals surface area contributed by atoms with E-state index in [0.29, 0.717) is 12.2 Å². The molecule has 130 valence electrons. The van der Waals surface area contributed by atoms with Gasteiger partial charge in [0.15, 0.2) is 0 Å². The molecule has 0 saturated carbocycles. The summed E-state index contributed by atoms with van der Waals surface area (Å²) >= 11 is 0. The average molecular weight is 326 g/mol. The van der Waals surface area contributed by atoms with Crippen LogP contribution in [0.5, 0.6) is 0 Å². The summed E-state index contributed by atoms with van der Waals surface area (Å²) in [5, 5.41) is 2.05. The van der Waals surface area contributed by atoms with E-state index >= 15 is 0 Å². The van der Waals surface area contributed by atoms with Gasteiger partial charge in [-0.05, 0) is 23.3 Å². The summed E-state index contributed by atoms with van der Waals surface area (Å²) in [7, 11) is 0. The summed E-state index contributed by atoms with van der Waals surface area (Å²) < 4.78 is 5.46. The van der Waals surface area contributed by atoms with Gasteiger partial charge >= 0.3 is 5.97 Å². The van der Waals surface area contributed by atoms with Crippen molar-refractivity contribution in [1.82, 2.24) is 0 Å². The van der Waals surface area contributed by atoms with Crippen LogP contribution in [0.1, 0.15) is 75.1 Å². The summed E-state index contributed by atoms with van der Waals surface area (Å²) in [5.41, 5.74) is 0.670. The van der Waals surface area contributed by atoms with E-state index < -0.39 is 0 Å². The van der Waals surface area contributed by atoms with Crippen LogP contribution in [-0.4, -0.2) is 12.6 Å². The third kappa shape index (κ3) is 5.99. The normalized spacial score (nSPS) is 10.9. The zero-order valence-corrected chi connectivity index (χ0v) is 14.9. The molecular formula is C22H30O2. The van der Waals surface area contributed by atoms with E-state index in [1.807, 2.05) is 42.5 Å². The lowest BCUT2D eigenvalue weighted by molar-refractivity contribution is 0.0500. The molecule has 0 aliphatic rings. The Morgan fingerprint density at radius 1 is 0.792 bits per heavy atom. The first-order chi connectivity index (χ1) is 11.8. The van der Waals surface area contributed by atoms with E-state index in [-0.39, 0.29) is 5.97 Å². The molecule has 0 amide bonds. The van der Waals surface area contributed by atoms with E-state index in [1.54, 1.807) is 0 Å². The molecule has 2 rings (SSSR count). The predicted molar refractivity (Wildman–Crippen MR) is 101 cm³/mol. The van der Waals surface area contributed by atoms with Gasteiger partial charge in [0.25, 0.3) is 0 Å². The highest BCUT2D eigenvalue weighted by Crippen LogP contribution is 2.19.